The molecule has 1 saturated carbocycles. The van der Waals surface area contributed by atoms with E-state index >= 15 is 0 Å². The Kier molecular flexibility index (Phi) is 8.11. The number of hydrogen-bond donors (Lipinski definition) is 0. The lowest BCUT2D eigenvalue weighted by atomic mass is 9.91. The number of hydrogen-bond acceptors (Lipinski definition) is 3. The van der Waals surface area contributed by atoms with Crippen LogP contribution in [-0.2, 0) is 4.53 Å². The summed E-state index contributed by atoms with van der Waals surface area (Å²) in [5, 5.41) is 18.3. The highest BCUT2D eigenvalue weighted by Gasteiger charge is 2.45. The molecule has 0 aliphatic heterocycles. The van der Waals surface area contributed by atoms with Crippen LogP contribution in [0.4, 0.5) is 0 Å². The molecule has 0 heterocycles. The molecular weight excluding hydrogens is 420 g/mol. The van der Waals surface area contributed by atoms with Gasteiger partial charge in [-0.25, -0.2) is 0 Å². The molecule has 0 saturated heterocycles. The SMILES string of the molecule is N#CC1CCCCCCCC/C1=N/O[Si](c1ccccc1)(c1ccccc1)c1ccccc1. The van der Waals surface area contributed by atoms with Crippen molar-refractivity contribution >= 4 is 29.6 Å². The van der Waals surface area contributed by atoms with Crippen molar-refractivity contribution in [3.05, 3.63) is 91.0 Å². The van der Waals surface area contributed by atoms with E-state index in [2.05, 4.69) is 78.9 Å². The zero-order valence-corrected chi connectivity index (χ0v) is 20.2. The second kappa shape index (κ2) is 11.6. The van der Waals surface area contributed by atoms with Crippen LogP contribution >= 0.6 is 0 Å². The van der Waals surface area contributed by atoms with Gasteiger partial charge in [-0.3, -0.25) is 0 Å². The lowest BCUT2D eigenvalue weighted by molar-refractivity contribution is 0.342. The minimum absolute atomic E-state index is 0.169. The highest BCUT2D eigenvalue weighted by molar-refractivity contribution is 7.07. The van der Waals surface area contributed by atoms with E-state index in [0.29, 0.717) is 0 Å². The Morgan fingerprint density at radius 3 is 1.61 bits per heavy atom. The van der Waals surface area contributed by atoms with Gasteiger partial charge in [-0.2, -0.15) is 5.26 Å². The van der Waals surface area contributed by atoms with E-state index in [9.17, 15) is 5.26 Å². The minimum Gasteiger partial charge on any atom is -0.438 e. The molecule has 1 fully saturated rings. The highest BCUT2D eigenvalue weighted by atomic mass is 28.4. The van der Waals surface area contributed by atoms with Gasteiger partial charge in [0.15, 0.2) is 0 Å². The highest BCUT2D eigenvalue weighted by Crippen LogP contribution is 2.21. The Labute approximate surface area is 198 Å². The van der Waals surface area contributed by atoms with Crippen molar-refractivity contribution in [1.29, 1.82) is 5.26 Å². The molecule has 1 unspecified atom stereocenters. The summed E-state index contributed by atoms with van der Waals surface area (Å²) >= 11 is 0. The van der Waals surface area contributed by atoms with Crippen LogP contribution in [0.5, 0.6) is 0 Å². The van der Waals surface area contributed by atoms with E-state index in [1.165, 1.54) is 25.7 Å². The van der Waals surface area contributed by atoms with E-state index in [1.807, 2.05) is 18.2 Å². The number of nitriles is 1. The average Bonchev–Trinajstić information content (AvgIpc) is 2.89. The van der Waals surface area contributed by atoms with Crippen molar-refractivity contribution in [2.24, 2.45) is 11.1 Å². The molecule has 0 N–H and O–H groups in total. The molecule has 0 radical (unpaired) electrons. The summed E-state index contributed by atoms with van der Waals surface area (Å²) in [6.45, 7) is 0. The molecule has 33 heavy (non-hydrogen) atoms. The Morgan fingerprint density at radius 1 is 0.667 bits per heavy atom. The van der Waals surface area contributed by atoms with E-state index in [4.69, 9.17) is 9.68 Å². The Morgan fingerprint density at radius 2 is 1.12 bits per heavy atom. The van der Waals surface area contributed by atoms with E-state index < -0.39 is 8.32 Å². The van der Waals surface area contributed by atoms with Crippen molar-refractivity contribution in [3.63, 3.8) is 0 Å². The van der Waals surface area contributed by atoms with Gasteiger partial charge in [-0.05, 0) is 34.8 Å². The molecule has 4 heteroatoms. The maximum atomic E-state index is 9.95. The Bertz CT molecular complexity index is 964. The Balaban J connectivity index is 1.83. The molecule has 168 valence electrons. The van der Waals surface area contributed by atoms with Crippen LogP contribution in [0.15, 0.2) is 96.2 Å². The fraction of sp³-hybridized carbons (Fsp3) is 0.310. The fourth-order valence-electron chi connectivity index (χ4n) is 4.75. The predicted octanol–water partition coefficient (Wildman–Crippen LogP) is 5.30. The second-order valence-electron chi connectivity index (χ2n) is 8.79. The standard InChI is InChI=1S/C29H32N2OSi/c30-24-25-16-8-3-1-2-4-15-23-29(25)31-32-33(26-17-9-5-10-18-26,27-19-11-6-12-20-27)28-21-13-7-14-22-28/h5-7,9-14,17-22,25H,1-4,8,15-16,23H2/b31-29-. The molecule has 1 aliphatic rings. The molecule has 0 spiro atoms. The van der Waals surface area contributed by atoms with Crippen molar-refractivity contribution in [1.82, 2.24) is 0 Å². The van der Waals surface area contributed by atoms with Crippen molar-refractivity contribution < 1.29 is 4.53 Å². The maximum absolute atomic E-state index is 9.95. The van der Waals surface area contributed by atoms with Crippen LogP contribution in [0.25, 0.3) is 0 Å². The summed E-state index contributed by atoms with van der Waals surface area (Å²) in [6, 6.07) is 34.0. The van der Waals surface area contributed by atoms with Gasteiger partial charge in [-0.15, -0.1) is 5.16 Å². The molecular formula is C29H32N2OSi. The van der Waals surface area contributed by atoms with Gasteiger partial charge in [-0.1, -0.05) is 123 Å². The van der Waals surface area contributed by atoms with Crippen LogP contribution < -0.4 is 15.6 Å². The first-order chi connectivity index (χ1) is 16.3. The van der Waals surface area contributed by atoms with E-state index in [1.54, 1.807) is 0 Å². The van der Waals surface area contributed by atoms with Gasteiger partial charge < -0.3 is 4.53 Å². The number of rotatable bonds is 5. The molecule has 4 rings (SSSR count). The van der Waals surface area contributed by atoms with Crippen LogP contribution in [0.3, 0.4) is 0 Å². The van der Waals surface area contributed by atoms with Crippen molar-refractivity contribution in [3.8, 4) is 6.07 Å². The van der Waals surface area contributed by atoms with Gasteiger partial charge in [0.1, 0.15) is 0 Å². The molecule has 3 aromatic carbocycles. The van der Waals surface area contributed by atoms with Gasteiger partial charge in [0.25, 0.3) is 0 Å². The van der Waals surface area contributed by atoms with Gasteiger partial charge >= 0.3 is 8.32 Å². The molecule has 1 aliphatic carbocycles. The summed E-state index contributed by atoms with van der Waals surface area (Å²) in [6.07, 6.45) is 8.78. The van der Waals surface area contributed by atoms with Gasteiger partial charge in [0, 0.05) is 0 Å². The molecule has 0 amide bonds. The third-order valence-corrected chi connectivity index (χ3v) is 10.4. The zero-order valence-electron chi connectivity index (χ0n) is 19.2. The summed E-state index contributed by atoms with van der Waals surface area (Å²) in [5.41, 5.74) is 0.916. The fourth-order valence-corrected chi connectivity index (χ4v) is 8.31. The van der Waals surface area contributed by atoms with Crippen molar-refractivity contribution in [2.75, 3.05) is 0 Å². The second-order valence-corrected chi connectivity index (χ2v) is 12.1. The van der Waals surface area contributed by atoms with Gasteiger partial charge in [0.05, 0.1) is 17.7 Å². The number of benzene rings is 3. The van der Waals surface area contributed by atoms with Crippen LogP contribution in [0.2, 0.25) is 0 Å². The van der Waals surface area contributed by atoms with E-state index in [0.717, 1.165) is 47.0 Å². The van der Waals surface area contributed by atoms with E-state index in [-0.39, 0.29) is 5.92 Å². The molecule has 3 nitrogen and oxygen atoms in total. The van der Waals surface area contributed by atoms with Crippen molar-refractivity contribution in [2.45, 2.75) is 51.4 Å². The topological polar surface area (TPSA) is 45.4 Å². The third-order valence-electron chi connectivity index (χ3n) is 6.57. The molecule has 0 aromatic heterocycles. The third kappa shape index (κ3) is 5.43. The number of oxime groups is 1. The molecule has 1 atom stereocenters. The monoisotopic (exact) mass is 452 g/mol. The summed E-state index contributed by atoms with van der Waals surface area (Å²) in [4.78, 5) is 0. The average molecular weight is 453 g/mol. The summed E-state index contributed by atoms with van der Waals surface area (Å²) < 4.78 is 6.80. The quantitative estimate of drug-likeness (QED) is 0.300. The number of nitrogens with zero attached hydrogens (tertiary/aromatic N) is 2. The minimum atomic E-state index is -2.90. The first-order valence-electron chi connectivity index (χ1n) is 12.2. The Hall–Kier alpha value is -3.16. The first kappa shape index (κ1) is 23.0. The molecule has 3 aromatic rings. The summed E-state index contributed by atoms with van der Waals surface area (Å²) in [7, 11) is -2.90. The van der Waals surface area contributed by atoms with Gasteiger partial charge in [0.2, 0.25) is 0 Å². The lowest BCUT2D eigenvalue weighted by Crippen LogP contribution is -2.68. The zero-order chi connectivity index (χ0) is 22.8. The summed E-state index contributed by atoms with van der Waals surface area (Å²) in [5.74, 6) is -0.169. The predicted molar refractivity (Wildman–Crippen MR) is 139 cm³/mol. The normalized spacial score (nSPS) is 18.9. The molecule has 0 bridgehead atoms. The van der Waals surface area contributed by atoms with Crippen LogP contribution in [-0.4, -0.2) is 14.0 Å². The first-order valence-corrected chi connectivity index (χ1v) is 14.1. The lowest BCUT2D eigenvalue weighted by Gasteiger charge is -2.30. The van der Waals surface area contributed by atoms with Crippen LogP contribution in [0, 0.1) is 17.2 Å². The smallest absolute Gasteiger partial charge is 0.380 e. The van der Waals surface area contributed by atoms with Crippen LogP contribution in [0.1, 0.15) is 51.4 Å². The maximum Gasteiger partial charge on any atom is 0.380 e. The largest absolute Gasteiger partial charge is 0.438 e.